The molecule has 2 rings (SSSR count). The molecule has 0 amide bonds. The van der Waals surface area contributed by atoms with Crippen LogP contribution in [0.1, 0.15) is 46.0 Å². The van der Waals surface area contributed by atoms with E-state index in [4.69, 9.17) is 10.5 Å². The third-order valence-corrected chi connectivity index (χ3v) is 4.22. The second-order valence-corrected chi connectivity index (χ2v) is 6.04. The Morgan fingerprint density at radius 1 is 1.12 bits per heavy atom. The number of rotatable bonds is 3. The summed E-state index contributed by atoms with van der Waals surface area (Å²) in [4.78, 5) is 2.50. The Morgan fingerprint density at radius 2 is 1.71 bits per heavy atom. The van der Waals surface area contributed by atoms with Gasteiger partial charge >= 0.3 is 0 Å². The zero-order valence-corrected chi connectivity index (χ0v) is 11.4. The van der Waals surface area contributed by atoms with Crippen LogP contribution in [0.4, 0.5) is 0 Å². The monoisotopic (exact) mass is 240 g/mol. The number of ether oxygens (including phenoxy) is 1. The minimum absolute atomic E-state index is 0.359. The molecule has 1 unspecified atom stereocenters. The lowest BCUT2D eigenvalue weighted by molar-refractivity contribution is -0.0705. The van der Waals surface area contributed by atoms with Crippen molar-refractivity contribution in [2.24, 2.45) is 11.7 Å². The summed E-state index contributed by atoms with van der Waals surface area (Å²) < 4.78 is 5.76. The highest BCUT2D eigenvalue weighted by Gasteiger charge is 2.27. The van der Waals surface area contributed by atoms with Gasteiger partial charge < -0.3 is 10.5 Å². The predicted molar refractivity (Wildman–Crippen MR) is 71.0 cm³/mol. The van der Waals surface area contributed by atoms with E-state index in [9.17, 15) is 0 Å². The predicted octanol–water partition coefficient (Wildman–Crippen LogP) is 2.00. The molecule has 3 heteroatoms. The molecule has 0 aromatic heterocycles. The van der Waals surface area contributed by atoms with Crippen LogP contribution < -0.4 is 5.73 Å². The average Bonchev–Trinajstić information content (AvgIpc) is 2.28. The van der Waals surface area contributed by atoms with E-state index in [1.54, 1.807) is 0 Å². The standard InChI is InChI=1S/C14H28N2O/c1-11-8-16(9-12(2)17-11)10-14(15)13-6-4-3-5-7-13/h11-14H,3-10,15H2,1-2H3/t11-,12+,14?. The Hall–Kier alpha value is -0.120. The molecule has 3 nitrogen and oxygen atoms in total. The van der Waals surface area contributed by atoms with Crippen molar-refractivity contribution < 1.29 is 4.74 Å². The van der Waals surface area contributed by atoms with Crippen LogP contribution in [0.25, 0.3) is 0 Å². The highest BCUT2D eigenvalue weighted by atomic mass is 16.5. The van der Waals surface area contributed by atoms with Crippen molar-refractivity contribution in [1.29, 1.82) is 0 Å². The molecule has 1 saturated carbocycles. The summed E-state index contributed by atoms with van der Waals surface area (Å²) in [5.74, 6) is 0.761. The van der Waals surface area contributed by atoms with E-state index in [2.05, 4.69) is 18.7 Å². The number of hydrogen-bond acceptors (Lipinski definition) is 3. The fourth-order valence-electron chi connectivity index (χ4n) is 3.44. The Balaban J connectivity index is 1.78. The van der Waals surface area contributed by atoms with Crippen LogP contribution >= 0.6 is 0 Å². The van der Waals surface area contributed by atoms with E-state index < -0.39 is 0 Å². The van der Waals surface area contributed by atoms with Crippen LogP contribution in [-0.2, 0) is 4.74 Å². The summed E-state index contributed by atoms with van der Waals surface area (Å²) in [6.07, 6.45) is 7.58. The molecule has 1 aliphatic heterocycles. The summed E-state index contributed by atoms with van der Waals surface area (Å²) in [7, 11) is 0. The van der Waals surface area contributed by atoms with Crippen LogP contribution in [0.2, 0.25) is 0 Å². The van der Waals surface area contributed by atoms with Crippen molar-refractivity contribution in [1.82, 2.24) is 4.90 Å². The molecule has 2 N–H and O–H groups in total. The molecular weight excluding hydrogens is 212 g/mol. The zero-order valence-electron chi connectivity index (χ0n) is 11.4. The van der Waals surface area contributed by atoms with Gasteiger partial charge in [0.1, 0.15) is 0 Å². The summed E-state index contributed by atoms with van der Waals surface area (Å²) >= 11 is 0. The number of morpholine rings is 1. The number of nitrogens with zero attached hydrogens (tertiary/aromatic N) is 1. The summed E-state index contributed by atoms with van der Waals surface area (Å²) in [5.41, 5.74) is 6.39. The molecule has 100 valence electrons. The van der Waals surface area contributed by atoms with Crippen molar-refractivity contribution in [2.45, 2.75) is 64.2 Å². The van der Waals surface area contributed by atoms with Gasteiger partial charge in [-0.3, -0.25) is 4.90 Å². The maximum Gasteiger partial charge on any atom is 0.0678 e. The molecule has 0 spiro atoms. The lowest BCUT2D eigenvalue weighted by atomic mass is 9.84. The fraction of sp³-hybridized carbons (Fsp3) is 1.00. The average molecular weight is 240 g/mol. The van der Waals surface area contributed by atoms with Crippen molar-refractivity contribution >= 4 is 0 Å². The Bertz CT molecular complexity index is 218. The highest BCUT2D eigenvalue weighted by Crippen LogP contribution is 2.26. The lowest BCUT2D eigenvalue weighted by Gasteiger charge is -2.38. The van der Waals surface area contributed by atoms with E-state index in [0.717, 1.165) is 25.6 Å². The molecule has 0 aromatic rings. The van der Waals surface area contributed by atoms with Crippen molar-refractivity contribution in [3.05, 3.63) is 0 Å². The van der Waals surface area contributed by atoms with Gasteiger partial charge in [-0.05, 0) is 32.6 Å². The summed E-state index contributed by atoms with van der Waals surface area (Å²) in [6, 6.07) is 0.368. The first-order chi connectivity index (χ1) is 8.15. The van der Waals surface area contributed by atoms with Gasteiger partial charge in [-0.25, -0.2) is 0 Å². The molecule has 3 atom stereocenters. The van der Waals surface area contributed by atoms with Crippen molar-refractivity contribution in [2.75, 3.05) is 19.6 Å². The normalized spacial score (nSPS) is 34.8. The molecule has 0 bridgehead atoms. The van der Waals surface area contributed by atoms with Gasteiger partial charge in [0.15, 0.2) is 0 Å². The first-order valence-electron chi connectivity index (χ1n) is 7.28. The Kier molecular flexibility index (Phi) is 4.83. The number of nitrogens with two attached hydrogens (primary N) is 1. The second kappa shape index (κ2) is 6.17. The molecule has 17 heavy (non-hydrogen) atoms. The van der Waals surface area contributed by atoms with Crippen LogP contribution in [0, 0.1) is 5.92 Å². The van der Waals surface area contributed by atoms with E-state index in [1.807, 2.05) is 0 Å². The van der Waals surface area contributed by atoms with Crippen LogP contribution in [0.5, 0.6) is 0 Å². The fourth-order valence-corrected chi connectivity index (χ4v) is 3.44. The van der Waals surface area contributed by atoms with Gasteiger partial charge in [-0.2, -0.15) is 0 Å². The number of hydrogen-bond donors (Lipinski definition) is 1. The zero-order chi connectivity index (χ0) is 12.3. The van der Waals surface area contributed by atoms with Gasteiger partial charge in [-0.1, -0.05) is 19.3 Å². The molecule has 2 aliphatic rings. The third kappa shape index (κ3) is 3.94. The maximum atomic E-state index is 6.39. The Morgan fingerprint density at radius 3 is 2.29 bits per heavy atom. The van der Waals surface area contributed by atoms with Crippen LogP contribution in [-0.4, -0.2) is 42.8 Å². The second-order valence-electron chi connectivity index (χ2n) is 6.04. The minimum Gasteiger partial charge on any atom is -0.373 e. The molecule has 1 saturated heterocycles. The van der Waals surface area contributed by atoms with Crippen molar-refractivity contribution in [3.63, 3.8) is 0 Å². The topological polar surface area (TPSA) is 38.5 Å². The minimum atomic E-state index is 0.359. The molecular formula is C14H28N2O. The first kappa shape index (κ1) is 13.3. The van der Waals surface area contributed by atoms with E-state index in [-0.39, 0.29) is 0 Å². The van der Waals surface area contributed by atoms with E-state index >= 15 is 0 Å². The highest BCUT2D eigenvalue weighted by molar-refractivity contribution is 4.82. The molecule has 0 aromatic carbocycles. The third-order valence-electron chi connectivity index (χ3n) is 4.22. The van der Waals surface area contributed by atoms with Gasteiger partial charge in [0.25, 0.3) is 0 Å². The van der Waals surface area contributed by atoms with Crippen molar-refractivity contribution in [3.8, 4) is 0 Å². The summed E-state index contributed by atoms with van der Waals surface area (Å²) in [5, 5.41) is 0. The van der Waals surface area contributed by atoms with Gasteiger partial charge in [-0.15, -0.1) is 0 Å². The Labute approximate surface area is 106 Å². The molecule has 1 aliphatic carbocycles. The van der Waals surface area contributed by atoms with Gasteiger partial charge in [0.2, 0.25) is 0 Å². The van der Waals surface area contributed by atoms with E-state index in [1.165, 1.54) is 32.1 Å². The SMILES string of the molecule is C[C@@H]1CN(CC(N)C2CCCCC2)C[C@H](C)O1. The smallest absolute Gasteiger partial charge is 0.0678 e. The van der Waals surface area contributed by atoms with E-state index in [0.29, 0.717) is 18.2 Å². The summed E-state index contributed by atoms with van der Waals surface area (Å²) in [6.45, 7) is 7.47. The quantitative estimate of drug-likeness (QED) is 0.820. The van der Waals surface area contributed by atoms with Crippen LogP contribution in [0.3, 0.4) is 0 Å². The molecule has 0 radical (unpaired) electrons. The molecule has 2 fully saturated rings. The molecule has 1 heterocycles. The van der Waals surface area contributed by atoms with Gasteiger partial charge in [0.05, 0.1) is 12.2 Å². The van der Waals surface area contributed by atoms with Gasteiger partial charge in [0, 0.05) is 25.7 Å². The maximum absolute atomic E-state index is 6.39. The largest absolute Gasteiger partial charge is 0.373 e. The first-order valence-corrected chi connectivity index (χ1v) is 7.28. The lowest BCUT2D eigenvalue weighted by Crippen LogP contribution is -2.51. The van der Waals surface area contributed by atoms with Crippen LogP contribution in [0.15, 0.2) is 0 Å².